The molecule has 0 unspecified atom stereocenters. The number of carbonyl (C=O) groups excluding carboxylic acids is 1. The molecule has 8 nitrogen and oxygen atoms in total. The van der Waals surface area contributed by atoms with Gasteiger partial charge in [-0.05, 0) is 25.0 Å². The molecular weight excluding hydrogens is 382 g/mol. The SMILES string of the molecule is CN(c1ccc(OC2CCN(C(=O)c3ccoc3)CC2)nc1)S(=O)(=O)C1CC1. The van der Waals surface area contributed by atoms with Gasteiger partial charge in [0.25, 0.3) is 5.91 Å². The maximum atomic E-state index is 12.3. The monoisotopic (exact) mass is 405 g/mol. The lowest BCUT2D eigenvalue weighted by Gasteiger charge is -2.31. The molecule has 1 saturated heterocycles. The molecule has 0 spiro atoms. The molecule has 0 aromatic carbocycles. The molecule has 2 aromatic rings. The van der Waals surface area contributed by atoms with E-state index in [9.17, 15) is 13.2 Å². The number of piperidine rings is 1. The Bertz CT molecular complexity index is 915. The normalized spacial score (nSPS) is 18.1. The summed E-state index contributed by atoms with van der Waals surface area (Å²) in [5, 5.41) is -0.261. The maximum absolute atomic E-state index is 12.3. The Labute approximate surface area is 164 Å². The number of pyridine rings is 1. The number of rotatable bonds is 6. The third-order valence-electron chi connectivity index (χ3n) is 5.20. The topological polar surface area (TPSA) is 92.9 Å². The average molecular weight is 405 g/mol. The van der Waals surface area contributed by atoms with Crippen molar-refractivity contribution in [2.75, 3.05) is 24.4 Å². The number of aromatic nitrogens is 1. The van der Waals surface area contributed by atoms with Crippen LogP contribution < -0.4 is 9.04 Å². The van der Waals surface area contributed by atoms with Crippen molar-refractivity contribution < 1.29 is 22.4 Å². The quantitative estimate of drug-likeness (QED) is 0.732. The van der Waals surface area contributed by atoms with E-state index in [2.05, 4.69) is 4.98 Å². The summed E-state index contributed by atoms with van der Waals surface area (Å²) >= 11 is 0. The molecule has 9 heteroatoms. The third-order valence-corrected chi connectivity index (χ3v) is 7.48. The minimum absolute atomic E-state index is 0.0281. The highest BCUT2D eigenvalue weighted by Crippen LogP contribution is 2.32. The first-order chi connectivity index (χ1) is 13.4. The Balaban J connectivity index is 1.31. The van der Waals surface area contributed by atoms with E-state index in [-0.39, 0.29) is 17.3 Å². The van der Waals surface area contributed by atoms with Gasteiger partial charge in [0.05, 0.1) is 29.0 Å². The Kier molecular flexibility index (Phi) is 5.01. The van der Waals surface area contributed by atoms with Gasteiger partial charge in [-0.15, -0.1) is 0 Å². The lowest BCUT2D eigenvalue weighted by Crippen LogP contribution is -2.41. The number of sulfonamides is 1. The van der Waals surface area contributed by atoms with E-state index in [1.165, 1.54) is 23.0 Å². The van der Waals surface area contributed by atoms with E-state index in [0.717, 1.165) is 12.8 Å². The smallest absolute Gasteiger partial charge is 0.257 e. The highest BCUT2D eigenvalue weighted by atomic mass is 32.2. The molecule has 1 aliphatic heterocycles. The van der Waals surface area contributed by atoms with Gasteiger partial charge in [0.15, 0.2) is 0 Å². The summed E-state index contributed by atoms with van der Waals surface area (Å²) in [5.41, 5.74) is 1.08. The van der Waals surface area contributed by atoms with E-state index < -0.39 is 10.0 Å². The second-order valence-electron chi connectivity index (χ2n) is 7.19. The van der Waals surface area contributed by atoms with Gasteiger partial charge >= 0.3 is 0 Å². The summed E-state index contributed by atoms with van der Waals surface area (Å²) in [6, 6.07) is 5.06. The van der Waals surface area contributed by atoms with Crippen molar-refractivity contribution in [3.63, 3.8) is 0 Å². The van der Waals surface area contributed by atoms with Gasteiger partial charge in [0, 0.05) is 39.0 Å². The van der Waals surface area contributed by atoms with Crippen molar-refractivity contribution in [3.8, 4) is 5.88 Å². The van der Waals surface area contributed by atoms with E-state index >= 15 is 0 Å². The summed E-state index contributed by atoms with van der Waals surface area (Å²) in [6.07, 6.45) is 7.31. The van der Waals surface area contributed by atoms with Crippen LogP contribution in [0.15, 0.2) is 41.3 Å². The van der Waals surface area contributed by atoms with Crippen molar-refractivity contribution in [3.05, 3.63) is 42.5 Å². The Hall–Kier alpha value is -2.55. The molecule has 0 N–H and O–H groups in total. The van der Waals surface area contributed by atoms with E-state index in [0.29, 0.717) is 43.1 Å². The lowest BCUT2D eigenvalue weighted by molar-refractivity contribution is 0.0587. The first-order valence-corrected chi connectivity index (χ1v) is 10.9. The average Bonchev–Trinajstić information content (AvgIpc) is 3.44. The van der Waals surface area contributed by atoms with Crippen molar-refractivity contribution in [2.45, 2.75) is 37.0 Å². The van der Waals surface area contributed by atoms with Crippen LogP contribution in [0.4, 0.5) is 5.69 Å². The number of hydrogen-bond donors (Lipinski definition) is 0. The third kappa shape index (κ3) is 3.84. The highest BCUT2D eigenvalue weighted by Gasteiger charge is 2.39. The molecule has 4 rings (SSSR count). The number of furan rings is 1. The number of hydrogen-bond acceptors (Lipinski definition) is 6. The van der Waals surface area contributed by atoms with Crippen molar-refractivity contribution in [1.82, 2.24) is 9.88 Å². The molecule has 1 amide bonds. The van der Waals surface area contributed by atoms with Crippen LogP contribution >= 0.6 is 0 Å². The zero-order valence-corrected chi connectivity index (χ0v) is 16.5. The number of ether oxygens (including phenoxy) is 1. The minimum Gasteiger partial charge on any atom is -0.474 e. The second kappa shape index (κ2) is 7.46. The molecule has 2 fully saturated rings. The van der Waals surface area contributed by atoms with Gasteiger partial charge in [0.1, 0.15) is 12.4 Å². The molecule has 1 saturated carbocycles. The van der Waals surface area contributed by atoms with E-state index in [1.807, 2.05) is 0 Å². The summed E-state index contributed by atoms with van der Waals surface area (Å²) in [4.78, 5) is 18.4. The minimum atomic E-state index is -3.28. The molecule has 0 bridgehead atoms. The number of amides is 1. The summed E-state index contributed by atoms with van der Waals surface area (Å²) in [7, 11) is -1.73. The van der Waals surface area contributed by atoms with Crippen LogP contribution in [0.1, 0.15) is 36.0 Å². The fourth-order valence-corrected chi connectivity index (χ4v) is 4.86. The van der Waals surface area contributed by atoms with Crippen molar-refractivity contribution >= 4 is 21.6 Å². The van der Waals surface area contributed by atoms with Gasteiger partial charge in [0.2, 0.25) is 15.9 Å². The molecule has 2 aromatic heterocycles. The number of carbonyl (C=O) groups is 1. The standard InChI is InChI=1S/C19H23N3O5S/c1-21(28(24,25)17-3-4-17)15-2-5-18(20-12-15)27-16-6-9-22(10-7-16)19(23)14-8-11-26-13-14/h2,5,8,11-13,16-17H,3-4,6-7,9-10H2,1H3. The molecule has 3 heterocycles. The largest absolute Gasteiger partial charge is 0.474 e. The van der Waals surface area contributed by atoms with Crippen LogP contribution in [0.25, 0.3) is 0 Å². The Morgan fingerprint density at radius 2 is 1.96 bits per heavy atom. The van der Waals surface area contributed by atoms with Crippen LogP contribution in [0.3, 0.4) is 0 Å². The van der Waals surface area contributed by atoms with Gasteiger partial charge in [-0.3, -0.25) is 9.10 Å². The predicted octanol–water partition coefficient (Wildman–Crippen LogP) is 2.29. The van der Waals surface area contributed by atoms with Crippen LogP contribution in [0.5, 0.6) is 5.88 Å². The van der Waals surface area contributed by atoms with Crippen LogP contribution in [-0.4, -0.2) is 55.7 Å². The fraction of sp³-hybridized carbons (Fsp3) is 0.474. The number of nitrogens with zero attached hydrogens (tertiary/aromatic N) is 3. The highest BCUT2D eigenvalue weighted by molar-refractivity contribution is 7.93. The molecule has 150 valence electrons. The number of anilines is 1. The predicted molar refractivity (Wildman–Crippen MR) is 103 cm³/mol. The Morgan fingerprint density at radius 3 is 2.54 bits per heavy atom. The zero-order valence-electron chi connectivity index (χ0n) is 15.7. The number of likely N-dealkylation sites (tertiary alicyclic amines) is 1. The van der Waals surface area contributed by atoms with Crippen molar-refractivity contribution in [2.24, 2.45) is 0 Å². The summed E-state index contributed by atoms with van der Waals surface area (Å²) in [5.74, 6) is 0.426. The molecule has 2 aliphatic rings. The van der Waals surface area contributed by atoms with Crippen LogP contribution in [0, 0.1) is 0 Å². The van der Waals surface area contributed by atoms with Gasteiger partial charge in [-0.25, -0.2) is 13.4 Å². The summed E-state index contributed by atoms with van der Waals surface area (Å²) < 4.78 is 36.8. The molecule has 0 atom stereocenters. The van der Waals surface area contributed by atoms with E-state index in [4.69, 9.17) is 9.15 Å². The van der Waals surface area contributed by atoms with E-state index in [1.54, 1.807) is 30.1 Å². The van der Waals surface area contributed by atoms with Gasteiger partial charge in [-0.1, -0.05) is 0 Å². The first-order valence-electron chi connectivity index (χ1n) is 9.37. The lowest BCUT2D eigenvalue weighted by atomic mass is 10.1. The Morgan fingerprint density at radius 1 is 1.21 bits per heavy atom. The van der Waals surface area contributed by atoms with Crippen LogP contribution in [-0.2, 0) is 10.0 Å². The molecule has 0 radical (unpaired) electrons. The van der Waals surface area contributed by atoms with Gasteiger partial charge in [-0.2, -0.15) is 0 Å². The fourth-order valence-electron chi connectivity index (χ4n) is 3.28. The summed E-state index contributed by atoms with van der Waals surface area (Å²) in [6.45, 7) is 1.21. The molecule has 28 heavy (non-hydrogen) atoms. The van der Waals surface area contributed by atoms with Crippen LogP contribution in [0.2, 0.25) is 0 Å². The van der Waals surface area contributed by atoms with Crippen molar-refractivity contribution in [1.29, 1.82) is 0 Å². The first kappa shape index (κ1) is 18.8. The van der Waals surface area contributed by atoms with Gasteiger partial charge < -0.3 is 14.1 Å². The zero-order chi connectivity index (χ0) is 19.7. The molecular formula is C19H23N3O5S. The molecule has 1 aliphatic carbocycles. The maximum Gasteiger partial charge on any atom is 0.257 e. The second-order valence-corrected chi connectivity index (χ2v) is 9.43.